The summed E-state index contributed by atoms with van der Waals surface area (Å²) in [4.78, 5) is 25.7. The number of carbonyl (C=O) groups excluding carboxylic acids is 2. The Balaban J connectivity index is 1.57. The van der Waals surface area contributed by atoms with E-state index in [1.165, 1.54) is 24.1 Å². The largest absolute Gasteiger partial charge is 0.463 e. The molecule has 0 bridgehead atoms. The number of carbonyl (C=O) groups is 2. The van der Waals surface area contributed by atoms with Crippen molar-refractivity contribution in [3.63, 3.8) is 0 Å². The number of benzene rings is 3. The normalized spacial score (nSPS) is 13.2. The van der Waals surface area contributed by atoms with Crippen LogP contribution in [-0.4, -0.2) is 34.5 Å². The summed E-state index contributed by atoms with van der Waals surface area (Å²) in [7, 11) is -1.06. The number of hydrogen-bond acceptors (Lipinski definition) is 6. The summed E-state index contributed by atoms with van der Waals surface area (Å²) in [5.41, 5.74) is 1.88. The first-order chi connectivity index (χ1) is 14.8. The number of rotatable bonds is 4. The van der Waals surface area contributed by atoms with Crippen molar-refractivity contribution in [1.29, 1.82) is 0 Å². The highest BCUT2D eigenvalue weighted by Gasteiger charge is 2.30. The Bertz CT molecular complexity index is 1520. The highest BCUT2D eigenvalue weighted by Crippen LogP contribution is 2.39. The van der Waals surface area contributed by atoms with Gasteiger partial charge in [0, 0.05) is 34.5 Å². The molecule has 0 aliphatic carbocycles. The van der Waals surface area contributed by atoms with E-state index in [2.05, 4.69) is 9.46 Å². The Morgan fingerprint density at radius 1 is 1.10 bits per heavy atom. The van der Waals surface area contributed by atoms with E-state index < -0.39 is 16.0 Å². The molecule has 1 N–H and O–H groups in total. The zero-order valence-electron chi connectivity index (χ0n) is 16.5. The molecular weight excluding hydrogens is 420 g/mol. The zero-order valence-corrected chi connectivity index (χ0v) is 17.3. The average Bonchev–Trinajstić information content (AvgIpc) is 3.29. The fourth-order valence-electron chi connectivity index (χ4n) is 3.86. The van der Waals surface area contributed by atoms with Gasteiger partial charge in [-0.3, -0.25) is 9.52 Å². The van der Waals surface area contributed by atoms with Crippen molar-refractivity contribution in [1.82, 2.24) is 0 Å². The van der Waals surface area contributed by atoms with Gasteiger partial charge in [0.15, 0.2) is 0 Å². The number of fused-ring (bicyclic) bond motifs is 1. The number of nitrogens with one attached hydrogen (secondary N) is 1. The molecule has 1 amide bonds. The third kappa shape index (κ3) is 2.85. The van der Waals surface area contributed by atoms with Crippen LogP contribution in [0.5, 0.6) is 0 Å². The maximum atomic E-state index is 13.2. The monoisotopic (exact) mass is 436 g/mol. The summed E-state index contributed by atoms with van der Waals surface area (Å²) >= 11 is 0. The molecule has 8 nitrogen and oxygen atoms in total. The minimum Gasteiger partial charge on any atom is -0.463 e. The molecule has 0 radical (unpaired) electrons. The van der Waals surface area contributed by atoms with Crippen LogP contribution in [0.4, 0.5) is 11.4 Å². The van der Waals surface area contributed by atoms with Crippen LogP contribution in [-0.2, 0) is 14.8 Å². The number of hydrogen-bond donors (Lipinski definition) is 1. The predicted octanol–water partition coefficient (Wildman–Crippen LogP) is 3.76. The van der Waals surface area contributed by atoms with Crippen molar-refractivity contribution in [3.05, 3.63) is 65.9 Å². The Morgan fingerprint density at radius 3 is 2.68 bits per heavy atom. The fourth-order valence-corrected chi connectivity index (χ4v) is 5.12. The van der Waals surface area contributed by atoms with Crippen LogP contribution in [0.1, 0.15) is 20.9 Å². The SMILES string of the molecule is COC(=O)c1cc2cc(NS(=O)(=O)c3ccc4c5c(cccc35)C(=O)N4C)ccc2o1. The first-order valence-corrected chi connectivity index (χ1v) is 10.8. The molecule has 3 aromatic carbocycles. The van der Waals surface area contributed by atoms with E-state index in [1.54, 1.807) is 49.5 Å². The van der Waals surface area contributed by atoms with E-state index in [-0.39, 0.29) is 16.6 Å². The predicted molar refractivity (Wildman–Crippen MR) is 115 cm³/mol. The standard InChI is InChI=1S/C22H16N2O6S/c1-24-16-7-9-19(14-4-3-5-15(20(14)16)21(24)25)31(27,28)23-13-6-8-17-12(10-13)11-18(30-17)22(26)29-2/h3-11,23H,1-2H3. The molecule has 0 saturated heterocycles. The molecule has 4 aromatic rings. The van der Waals surface area contributed by atoms with Crippen molar-refractivity contribution >= 4 is 55.0 Å². The molecule has 2 heterocycles. The summed E-state index contributed by atoms with van der Waals surface area (Å²) in [5.74, 6) is -0.764. The smallest absolute Gasteiger partial charge is 0.373 e. The van der Waals surface area contributed by atoms with Crippen LogP contribution >= 0.6 is 0 Å². The highest BCUT2D eigenvalue weighted by molar-refractivity contribution is 7.93. The van der Waals surface area contributed by atoms with Gasteiger partial charge in [-0.05, 0) is 42.5 Å². The summed E-state index contributed by atoms with van der Waals surface area (Å²) in [5, 5.41) is 1.64. The third-order valence-corrected chi connectivity index (χ3v) is 6.76. The van der Waals surface area contributed by atoms with Gasteiger partial charge in [0.05, 0.1) is 17.7 Å². The summed E-state index contributed by atoms with van der Waals surface area (Å²) in [6.45, 7) is 0. The number of nitrogens with zero attached hydrogens (tertiary/aromatic N) is 1. The molecule has 0 atom stereocenters. The fraction of sp³-hybridized carbons (Fsp3) is 0.0909. The van der Waals surface area contributed by atoms with E-state index in [4.69, 9.17) is 4.42 Å². The maximum Gasteiger partial charge on any atom is 0.373 e. The molecule has 9 heteroatoms. The van der Waals surface area contributed by atoms with Gasteiger partial charge in [-0.15, -0.1) is 0 Å². The average molecular weight is 436 g/mol. The van der Waals surface area contributed by atoms with Crippen LogP contribution in [0.2, 0.25) is 0 Å². The lowest BCUT2D eigenvalue weighted by Crippen LogP contribution is -2.20. The maximum absolute atomic E-state index is 13.2. The minimum absolute atomic E-state index is 0.0267. The molecule has 1 aliphatic heterocycles. The second kappa shape index (κ2) is 6.58. The molecule has 5 rings (SSSR count). The molecule has 156 valence electrons. The number of sulfonamides is 1. The second-order valence-corrected chi connectivity index (χ2v) is 8.79. The van der Waals surface area contributed by atoms with E-state index in [1.807, 2.05) is 0 Å². The zero-order chi connectivity index (χ0) is 21.9. The van der Waals surface area contributed by atoms with Crippen LogP contribution in [0.25, 0.3) is 21.7 Å². The van der Waals surface area contributed by atoms with Gasteiger partial charge in [0.2, 0.25) is 5.76 Å². The second-order valence-electron chi connectivity index (χ2n) is 7.14. The van der Waals surface area contributed by atoms with Gasteiger partial charge >= 0.3 is 5.97 Å². The molecule has 0 unspecified atom stereocenters. The number of furan rings is 1. The number of esters is 1. The number of amides is 1. The summed E-state index contributed by atoms with van der Waals surface area (Å²) < 4.78 is 39.0. The third-order valence-electron chi connectivity index (χ3n) is 5.32. The van der Waals surface area contributed by atoms with Crippen molar-refractivity contribution < 1.29 is 27.2 Å². The van der Waals surface area contributed by atoms with Crippen LogP contribution in [0, 0.1) is 0 Å². The quantitative estimate of drug-likeness (QED) is 0.488. The minimum atomic E-state index is -3.97. The lowest BCUT2D eigenvalue weighted by Gasteiger charge is -2.13. The molecule has 1 aliphatic rings. The number of anilines is 2. The molecule has 0 spiro atoms. The molecule has 31 heavy (non-hydrogen) atoms. The van der Waals surface area contributed by atoms with Crippen molar-refractivity contribution in [3.8, 4) is 0 Å². The van der Waals surface area contributed by atoms with Crippen LogP contribution in [0.3, 0.4) is 0 Å². The molecule has 0 fully saturated rings. The summed E-state index contributed by atoms with van der Waals surface area (Å²) in [6, 6.07) is 14.3. The Morgan fingerprint density at radius 2 is 1.90 bits per heavy atom. The number of methoxy groups -OCH3 is 1. The van der Waals surface area contributed by atoms with Gasteiger partial charge in [0.25, 0.3) is 15.9 Å². The first kappa shape index (κ1) is 19.1. The topological polar surface area (TPSA) is 106 Å². The Labute approximate surface area is 177 Å². The van der Waals surface area contributed by atoms with Gasteiger partial charge in [-0.2, -0.15) is 0 Å². The van der Waals surface area contributed by atoms with Gasteiger partial charge in [-0.25, -0.2) is 13.2 Å². The van der Waals surface area contributed by atoms with Crippen molar-refractivity contribution in [2.24, 2.45) is 0 Å². The molecular formula is C22H16N2O6S. The molecule has 0 saturated carbocycles. The van der Waals surface area contributed by atoms with Gasteiger partial charge in [-0.1, -0.05) is 12.1 Å². The van der Waals surface area contributed by atoms with E-state index in [0.29, 0.717) is 38.7 Å². The Kier molecular flexibility index (Phi) is 4.06. The van der Waals surface area contributed by atoms with Gasteiger partial charge < -0.3 is 14.1 Å². The van der Waals surface area contributed by atoms with Crippen LogP contribution < -0.4 is 9.62 Å². The van der Waals surface area contributed by atoms with E-state index in [9.17, 15) is 18.0 Å². The Hall–Kier alpha value is -3.85. The summed E-state index contributed by atoms with van der Waals surface area (Å²) in [6.07, 6.45) is 0. The van der Waals surface area contributed by atoms with Crippen molar-refractivity contribution in [2.45, 2.75) is 4.90 Å². The number of ether oxygens (including phenoxy) is 1. The van der Waals surface area contributed by atoms with Crippen LogP contribution in [0.15, 0.2) is 63.9 Å². The first-order valence-electron chi connectivity index (χ1n) is 9.28. The lowest BCUT2D eigenvalue weighted by atomic mass is 10.1. The van der Waals surface area contributed by atoms with Gasteiger partial charge in [0.1, 0.15) is 5.58 Å². The highest BCUT2D eigenvalue weighted by atomic mass is 32.2. The van der Waals surface area contributed by atoms with Crippen molar-refractivity contribution in [2.75, 3.05) is 23.8 Å². The van der Waals surface area contributed by atoms with E-state index >= 15 is 0 Å². The molecule has 1 aromatic heterocycles. The van der Waals surface area contributed by atoms with E-state index in [0.717, 1.165) is 0 Å². The lowest BCUT2D eigenvalue weighted by molar-refractivity contribution is 0.0567.